The molecular formula is C18H21N6O6S2+. The molecule has 1 saturated heterocycles. The number of nitrogens with zero attached hydrogens (tertiary/aromatic N) is 3. The Labute approximate surface area is 188 Å². The summed E-state index contributed by atoms with van der Waals surface area (Å²) >= 11 is 5.50. The molecule has 1 atom stereocenters. The van der Waals surface area contributed by atoms with Crippen LogP contribution in [0, 0.1) is 0 Å². The van der Waals surface area contributed by atoms with Gasteiger partial charge < -0.3 is 10.2 Å². The summed E-state index contributed by atoms with van der Waals surface area (Å²) in [4.78, 5) is 40.7. The minimum Gasteiger partial charge on any atom is -0.326 e. The molecule has 2 aromatic rings. The van der Waals surface area contributed by atoms with Crippen LogP contribution in [0.5, 0.6) is 0 Å². The van der Waals surface area contributed by atoms with E-state index in [0.717, 1.165) is 12.8 Å². The molecule has 32 heavy (non-hydrogen) atoms. The van der Waals surface area contributed by atoms with Crippen molar-refractivity contribution >= 4 is 44.9 Å². The summed E-state index contributed by atoms with van der Waals surface area (Å²) in [7, 11) is -2.26. The van der Waals surface area contributed by atoms with Gasteiger partial charge in [0.05, 0.1) is 11.3 Å². The number of sulfonamides is 1. The number of primary sulfonamides is 1. The standard InChI is InChI=1S/C18H20N6O6S2/c1-22-14(17(27)30-21-22)9-23-13(16(26)24(18(23)31)11-4-5-11)8-15(25)20-10-2-6-12(7-3-10)32(19,28)29/h2-3,6-7,11,13H,4-5,8-9H2,1H3,(H3-,19,20,21,25,27,28,29)/p+1. The van der Waals surface area contributed by atoms with E-state index in [4.69, 9.17) is 21.9 Å². The molecule has 1 aliphatic carbocycles. The number of carbonyl (C=O) groups excluding carboxylic acids is 2. The van der Waals surface area contributed by atoms with Crippen LogP contribution >= 0.6 is 12.2 Å². The number of carbonyl (C=O) groups is 2. The van der Waals surface area contributed by atoms with Crippen LogP contribution < -0.4 is 20.8 Å². The zero-order chi connectivity index (χ0) is 23.2. The van der Waals surface area contributed by atoms with Crippen LogP contribution in [0.2, 0.25) is 0 Å². The summed E-state index contributed by atoms with van der Waals surface area (Å²) in [6.07, 6.45) is 1.45. The average Bonchev–Trinajstić information content (AvgIpc) is 3.46. The van der Waals surface area contributed by atoms with Crippen molar-refractivity contribution in [1.82, 2.24) is 15.1 Å². The molecule has 1 aromatic carbocycles. The van der Waals surface area contributed by atoms with Gasteiger partial charge in [-0.2, -0.15) is 0 Å². The number of aryl methyl sites for hydroxylation is 1. The molecule has 12 nitrogen and oxygen atoms in total. The van der Waals surface area contributed by atoms with Crippen molar-refractivity contribution in [3.05, 3.63) is 40.4 Å². The Morgan fingerprint density at radius 3 is 2.50 bits per heavy atom. The Hall–Kier alpha value is -3.10. The first-order valence-electron chi connectivity index (χ1n) is 9.69. The first kappa shape index (κ1) is 22.1. The SMILES string of the molecule is C[n+]1[nH]oc(=O)c1CN1C(=S)N(C2CC2)C(=O)C1CC(=O)Nc1ccc(S(N)(=O)=O)cc1. The summed E-state index contributed by atoms with van der Waals surface area (Å²) in [5.74, 6) is -0.762. The number of hydrogen-bond acceptors (Lipinski definition) is 7. The molecule has 2 fully saturated rings. The molecule has 2 heterocycles. The Morgan fingerprint density at radius 1 is 1.31 bits per heavy atom. The van der Waals surface area contributed by atoms with Gasteiger partial charge in [0, 0.05) is 11.7 Å². The molecule has 14 heteroatoms. The maximum absolute atomic E-state index is 13.1. The van der Waals surface area contributed by atoms with Crippen LogP contribution in [-0.2, 0) is 33.2 Å². The smallest absolute Gasteiger partial charge is 0.326 e. The van der Waals surface area contributed by atoms with Crippen molar-refractivity contribution in [1.29, 1.82) is 0 Å². The van der Waals surface area contributed by atoms with E-state index in [0.29, 0.717) is 5.69 Å². The minimum absolute atomic E-state index is 0.00285. The number of rotatable bonds is 7. The molecule has 1 aliphatic heterocycles. The molecule has 0 radical (unpaired) electrons. The van der Waals surface area contributed by atoms with Crippen molar-refractivity contribution < 1.29 is 27.2 Å². The second-order valence-electron chi connectivity index (χ2n) is 7.67. The number of amides is 2. The lowest BCUT2D eigenvalue weighted by atomic mass is 10.1. The summed E-state index contributed by atoms with van der Waals surface area (Å²) in [6, 6.07) is 4.46. The highest BCUT2D eigenvalue weighted by atomic mass is 32.2. The van der Waals surface area contributed by atoms with E-state index < -0.39 is 27.6 Å². The number of hydrogen-bond donors (Lipinski definition) is 3. The Kier molecular flexibility index (Phi) is 5.60. The van der Waals surface area contributed by atoms with Crippen molar-refractivity contribution in [2.24, 2.45) is 12.2 Å². The number of anilines is 1. The second-order valence-corrected chi connectivity index (χ2v) is 9.60. The van der Waals surface area contributed by atoms with Crippen LogP contribution in [0.25, 0.3) is 0 Å². The molecule has 0 bridgehead atoms. The minimum atomic E-state index is -3.85. The van der Waals surface area contributed by atoms with Gasteiger partial charge in [-0.25, -0.2) is 18.4 Å². The van der Waals surface area contributed by atoms with Crippen molar-refractivity contribution in [3.8, 4) is 0 Å². The lowest BCUT2D eigenvalue weighted by Gasteiger charge is -2.21. The summed E-state index contributed by atoms with van der Waals surface area (Å²) in [5, 5.41) is 10.4. The van der Waals surface area contributed by atoms with Crippen molar-refractivity contribution in [2.75, 3.05) is 5.32 Å². The predicted octanol–water partition coefficient (Wildman–Crippen LogP) is -1.07. The van der Waals surface area contributed by atoms with Gasteiger partial charge in [-0.05, 0) is 54.6 Å². The Morgan fingerprint density at radius 2 is 1.97 bits per heavy atom. The van der Waals surface area contributed by atoms with Crippen LogP contribution in [-0.4, -0.2) is 52.5 Å². The monoisotopic (exact) mass is 481 g/mol. The van der Waals surface area contributed by atoms with Crippen LogP contribution in [0.15, 0.2) is 38.5 Å². The zero-order valence-electron chi connectivity index (χ0n) is 17.0. The first-order chi connectivity index (χ1) is 15.1. The number of benzene rings is 1. The quantitative estimate of drug-likeness (QED) is 0.332. The van der Waals surface area contributed by atoms with E-state index in [1.807, 2.05) is 0 Å². The lowest BCUT2D eigenvalue weighted by Crippen LogP contribution is -2.44. The maximum atomic E-state index is 13.1. The molecular weight excluding hydrogens is 460 g/mol. The van der Waals surface area contributed by atoms with E-state index in [1.54, 1.807) is 11.9 Å². The van der Waals surface area contributed by atoms with Gasteiger partial charge in [0.25, 0.3) is 5.91 Å². The topological polar surface area (TPSA) is 163 Å². The summed E-state index contributed by atoms with van der Waals surface area (Å²) in [6.45, 7) is -0.00285. The number of aromatic nitrogens is 2. The molecule has 1 unspecified atom stereocenters. The Balaban J connectivity index is 1.52. The Bertz CT molecular complexity index is 1250. The third-order valence-electron chi connectivity index (χ3n) is 5.34. The molecule has 4 rings (SSSR count). The van der Waals surface area contributed by atoms with Gasteiger partial charge in [-0.3, -0.25) is 19.0 Å². The maximum Gasteiger partial charge on any atom is 0.431 e. The van der Waals surface area contributed by atoms with E-state index in [2.05, 4.69) is 10.6 Å². The van der Waals surface area contributed by atoms with E-state index in [1.165, 1.54) is 33.8 Å². The van der Waals surface area contributed by atoms with Gasteiger partial charge in [0.15, 0.2) is 12.2 Å². The van der Waals surface area contributed by atoms with Gasteiger partial charge in [0.2, 0.25) is 15.9 Å². The van der Waals surface area contributed by atoms with Crippen molar-refractivity contribution in [2.45, 2.75) is 42.8 Å². The number of nitrogens with two attached hydrogens (primary N) is 1. The van der Waals surface area contributed by atoms with Crippen LogP contribution in [0.4, 0.5) is 5.69 Å². The zero-order valence-corrected chi connectivity index (χ0v) is 18.6. The molecule has 0 spiro atoms. The van der Waals surface area contributed by atoms with Gasteiger partial charge in [-0.15, -0.1) is 0 Å². The highest BCUT2D eigenvalue weighted by Crippen LogP contribution is 2.34. The number of nitrogens with one attached hydrogen (secondary N) is 2. The molecule has 170 valence electrons. The number of aromatic amines is 1. The predicted molar refractivity (Wildman–Crippen MR) is 113 cm³/mol. The molecule has 1 saturated carbocycles. The van der Waals surface area contributed by atoms with Crippen LogP contribution in [0.1, 0.15) is 25.0 Å². The fourth-order valence-corrected chi connectivity index (χ4v) is 4.46. The highest BCUT2D eigenvalue weighted by molar-refractivity contribution is 7.89. The fourth-order valence-electron chi connectivity index (χ4n) is 3.51. The summed E-state index contributed by atoms with van der Waals surface area (Å²) in [5.41, 5.74) is 0.00579. The normalized spacial score (nSPS) is 19.0. The van der Waals surface area contributed by atoms with E-state index in [9.17, 15) is 22.8 Å². The van der Waals surface area contributed by atoms with Gasteiger partial charge in [-0.1, -0.05) is 4.68 Å². The first-order valence-corrected chi connectivity index (χ1v) is 11.6. The third kappa shape index (κ3) is 4.28. The van der Waals surface area contributed by atoms with Crippen molar-refractivity contribution in [3.63, 3.8) is 0 Å². The highest BCUT2D eigenvalue weighted by Gasteiger charge is 2.50. The summed E-state index contributed by atoms with van der Waals surface area (Å²) < 4.78 is 28.9. The van der Waals surface area contributed by atoms with Gasteiger partial charge in [0.1, 0.15) is 12.6 Å². The van der Waals surface area contributed by atoms with E-state index in [-0.39, 0.29) is 40.6 Å². The number of H-pyrrole nitrogens is 1. The molecule has 2 amide bonds. The fraction of sp³-hybridized carbons (Fsp3) is 0.389. The van der Waals surface area contributed by atoms with E-state index >= 15 is 0 Å². The van der Waals surface area contributed by atoms with Gasteiger partial charge >= 0.3 is 11.3 Å². The number of thiocarbonyl (C=S) groups is 1. The third-order valence-corrected chi connectivity index (χ3v) is 6.70. The average molecular weight is 482 g/mol. The largest absolute Gasteiger partial charge is 0.431 e. The second kappa shape index (κ2) is 8.11. The molecule has 1 aromatic heterocycles. The van der Waals surface area contributed by atoms with Crippen LogP contribution in [0.3, 0.4) is 0 Å². The lowest BCUT2D eigenvalue weighted by molar-refractivity contribution is -0.746. The molecule has 2 aliphatic rings. The molecule has 4 N–H and O–H groups in total.